The summed E-state index contributed by atoms with van der Waals surface area (Å²) in [6.45, 7) is 2.72. The molecule has 0 fully saturated rings. The molecule has 0 amide bonds. The van der Waals surface area contributed by atoms with Gasteiger partial charge in [0.05, 0.1) is 12.2 Å². The van der Waals surface area contributed by atoms with Gasteiger partial charge in [-0.1, -0.05) is 19.1 Å². The van der Waals surface area contributed by atoms with Crippen LogP contribution in [0.5, 0.6) is 0 Å². The molecular weight excluding hydrogens is 266 g/mol. The molecule has 0 atom stereocenters. The third kappa shape index (κ3) is 3.08. The standard InChI is InChI=1S/C16H17N3O2/c1-2-13-7-8-14(21-13)10-17-12-5-3-11(4-6-12)15-9-16(20)19-18-15/h3-9,17H,2,10H2,1H3,(H2,18,19,20). The Bertz CT molecular complexity index is 765. The lowest BCUT2D eigenvalue weighted by molar-refractivity contribution is 0.476. The third-order valence-electron chi connectivity index (χ3n) is 3.32. The molecule has 0 saturated heterocycles. The molecule has 5 heteroatoms. The number of aromatic nitrogens is 2. The molecule has 0 saturated carbocycles. The number of aromatic amines is 2. The van der Waals surface area contributed by atoms with E-state index in [1.54, 1.807) is 0 Å². The van der Waals surface area contributed by atoms with E-state index in [0.717, 1.165) is 34.9 Å². The maximum atomic E-state index is 11.1. The summed E-state index contributed by atoms with van der Waals surface area (Å²) in [4.78, 5) is 11.1. The van der Waals surface area contributed by atoms with Crippen molar-refractivity contribution in [1.82, 2.24) is 10.2 Å². The number of furan rings is 1. The predicted molar refractivity (Wildman–Crippen MR) is 82.3 cm³/mol. The largest absolute Gasteiger partial charge is 0.464 e. The van der Waals surface area contributed by atoms with Crippen molar-refractivity contribution in [3.8, 4) is 11.3 Å². The highest BCUT2D eigenvalue weighted by Crippen LogP contribution is 2.19. The number of rotatable bonds is 5. The first-order valence-corrected chi connectivity index (χ1v) is 6.94. The van der Waals surface area contributed by atoms with Crippen molar-refractivity contribution in [2.45, 2.75) is 19.9 Å². The first-order chi connectivity index (χ1) is 10.2. The van der Waals surface area contributed by atoms with E-state index in [-0.39, 0.29) is 5.56 Å². The maximum absolute atomic E-state index is 11.1. The molecule has 0 spiro atoms. The number of anilines is 1. The number of hydrogen-bond donors (Lipinski definition) is 3. The molecule has 0 bridgehead atoms. The Labute approximate surface area is 122 Å². The zero-order valence-corrected chi connectivity index (χ0v) is 11.8. The Morgan fingerprint density at radius 3 is 2.43 bits per heavy atom. The fourth-order valence-corrected chi connectivity index (χ4v) is 2.15. The van der Waals surface area contributed by atoms with Crippen LogP contribution in [0.15, 0.2) is 51.7 Å². The van der Waals surface area contributed by atoms with Crippen molar-refractivity contribution in [2.24, 2.45) is 0 Å². The minimum atomic E-state index is -0.128. The summed E-state index contributed by atoms with van der Waals surface area (Å²) in [5.41, 5.74) is 2.62. The van der Waals surface area contributed by atoms with Gasteiger partial charge in [-0.05, 0) is 29.8 Å². The first kappa shape index (κ1) is 13.3. The number of nitrogens with one attached hydrogen (secondary N) is 3. The Kier molecular flexibility index (Phi) is 3.64. The van der Waals surface area contributed by atoms with Crippen LogP contribution in [0.25, 0.3) is 11.3 Å². The van der Waals surface area contributed by atoms with E-state index in [2.05, 4.69) is 22.4 Å². The topological polar surface area (TPSA) is 73.8 Å². The van der Waals surface area contributed by atoms with Crippen molar-refractivity contribution in [1.29, 1.82) is 0 Å². The number of hydrogen-bond acceptors (Lipinski definition) is 3. The average Bonchev–Trinajstić information content (AvgIpc) is 3.14. The highest BCUT2D eigenvalue weighted by atomic mass is 16.3. The van der Waals surface area contributed by atoms with Crippen molar-refractivity contribution in [3.05, 3.63) is 64.3 Å². The van der Waals surface area contributed by atoms with Crippen LogP contribution in [0.2, 0.25) is 0 Å². The quantitative estimate of drug-likeness (QED) is 0.673. The van der Waals surface area contributed by atoms with Gasteiger partial charge in [0.15, 0.2) is 0 Å². The Balaban J connectivity index is 1.65. The van der Waals surface area contributed by atoms with Gasteiger partial charge in [0, 0.05) is 18.2 Å². The molecule has 0 unspecified atom stereocenters. The number of benzene rings is 1. The second-order valence-electron chi connectivity index (χ2n) is 4.82. The summed E-state index contributed by atoms with van der Waals surface area (Å²) >= 11 is 0. The van der Waals surface area contributed by atoms with E-state index in [0.29, 0.717) is 6.54 Å². The van der Waals surface area contributed by atoms with Gasteiger partial charge >= 0.3 is 0 Å². The van der Waals surface area contributed by atoms with Crippen LogP contribution in [-0.2, 0) is 13.0 Å². The van der Waals surface area contributed by atoms with E-state index < -0.39 is 0 Å². The maximum Gasteiger partial charge on any atom is 0.264 e. The summed E-state index contributed by atoms with van der Waals surface area (Å²) in [6, 6.07) is 13.4. The molecule has 0 aliphatic heterocycles. The number of aryl methyl sites for hydroxylation is 1. The van der Waals surface area contributed by atoms with Crippen molar-refractivity contribution in [2.75, 3.05) is 5.32 Å². The summed E-state index contributed by atoms with van der Waals surface area (Å²) in [5.74, 6) is 1.92. The van der Waals surface area contributed by atoms with Crippen molar-refractivity contribution in [3.63, 3.8) is 0 Å². The van der Waals surface area contributed by atoms with Gasteiger partial charge in [-0.3, -0.25) is 15.0 Å². The minimum absolute atomic E-state index is 0.128. The molecule has 1 aromatic carbocycles. The second-order valence-corrected chi connectivity index (χ2v) is 4.82. The summed E-state index contributed by atoms with van der Waals surface area (Å²) in [6.07, 6.45) is 0.906. The molecular formula is C16H17N3O2. The highest BCUT2D eigenvalue weighted by molar-refractivity contribution is 5.62. The average molecular weight is 283 g/mol. The van der Waals surface area contributed by atoms with Crippen LogP contribution in [-0.4, -0.2) is 10.2 Å². The fourth-order valence-electron chi connectivity index (χ4n) is 2.15. The molecule has 21 heavy (non-hydrogen) atoms. The fraction of sp³-hybridized carbons (Fsp3) is 0.188. The molecule has 2 heterocycles. The van der Waals surface area contributed by atoms with E-state index in [1.165, 1.54) is 6.07 Å². The molecule has 0 aliphatic rings. The van der Waals surface area contributed by atoms with Crippen LogP contribution in [0.4, 0.5) is 5.69 Å². The van der Waals surface area contributed by atoms with E-state index in [4.69, 9.17) is 4.42 Å². The van der Waals surface area contributed by atoms with E-state index in [1.807, 2.05) is 36.4 Å². The smallest absolute Gasteiger partial charge is 0.264 e. The lowest BCUT2D eigenvalue weighted by Crippen LogP contribution is -1.97. The molecule has 3 rings (SSSR count). The molecule has 0 aliphatic carbocycles. The first-order valence-electron chi connectivity index (χ1n) is 6.94. The monoisotopic (exact) mass is 283 g/mol. The summed E-state index contributed by atoms with van der Waals surface area (Å²) < 4.78 is 5.64. The molecule has 5 nitrogen and oxygen atoms in total. The SMILES string of the molecule is CCc1ccc(CNc2ccc(-c3cc(=O)[nH][nH]3)cc2)o1. The van der Waals surface area contributed by atoms with Gasteiger partial charge < -0.3 is 9.73 Å². The lowest BCUT2D eigenvalue weighted by Gasteiger charge is -2.05. The van der Waals surface area contributed by atoms with Crippen LogP contribution in [0.1, 0.15) is 18.4 Å². The Hall–Kier alpha value is -2.69. The summed E-state index contributed by atoms with van der Waals surface area (Å²) in [5, 5.41) is 8.67. The molecule has 0 radical (unpaired) electrons. The predicted octanol–water partition coefficient (Wildman–Crippen LogP) is 3.14. The van der Waals surface area contributed by atoms with Gasteiger partial charge in [0.25, 0.3) is 5.56 Å². The molecule has 3 N–H and O–H groups in total. The van der Waals surface area contributed by atoms with Crippen LogP contribution < -0.4 is 10.9 Å². The van der Waals surface area contributed by atoms with E-state index in [9.17, 15) is 4.79 Å². The van der Waals surface area contributed by atoms with Gasteiger partial charge in [0.1, 0.15) is 11.5 Å². The van der Waals surface area contributed by atoms with Crippen LogP contribution in [0, 0.1) is 0 Å². The normalized spacial score (nSPS) is 10.7. The van der Waals surface area contributed by atoms with Crippen molar-refractivity contribution >= 4 is 5.69 Å². The second kappa shape index (κ2) is 5.75. The molecule has 2 aromatic heterocycles. The summed E-state index contributed by atoms with van der Waals surface area (Å²) in [7, 11) is 0. The molecule has 108 valence electrons. The Morgan fingerprint density at radius 1 is 1.05 bits per heavy atom. The third-order valence-corrected chi connectivity index (χ3v) is 3.32. The van der Waals surface area contributed by atoms with Gasteiger partial charge in [0.2, 0.25) is 0 Å². The molecule has 3 aromatic rings. The zero-order valence-electron chi connectivity index (χ0n) is 11.8. The minimum Gasteiger partial charge on any atom is -0.464 e. The lowest BCUT2D eigenvalue weighted by atomic mass is 10.1. The highest BCUT2D eigenvalue weighted by Gasteiger charge is 2.02. The van der Waals surface area contributed by atoms with Gasteiger partial charge in [-0.15, -0.1) is 0 Å². The van der Waals surface area contributed by atoms with Crippen LogP contribution >= 0.6 is 0 Å². The van der Waals surface area contributed by atoms with Crippen LogP contribution in [0.3, 0.4) is 0 Å². The van der Waals surface area contributed by atoms with Gasteiger partial charge in [-0.25, -0.2) is 0 Å². The van der Waals surface area contributed by atoms with Crippen molar-refractivity contribution < 1.29 is 4.42 Å². The number of H-pyrrole nitrogens is 2. The van der Waals surface area contributed by atoms with Gasteiger partial charge in [-0.2, -0.15) is 0 Å². The zero-order chi connectivity index (χ0) is 14.7. The van der Waals surface area contributed by atoms with E-state index >= 15 is 0 Å². The Morgan fingerprint density at radius 2 is 1.81 bits per heavy atom.